The Morgan fingerprint density at radius 2 is 1.85 bits per heavy atom. The fourth-order valence-electron chi connectivity index (χ4n) is 8.91. The highest BCUT2D eigenvalue weighted by Crippen LogP contribution is 2.40. The molecule has 2 saturated carbocycles. The van der Waals surface area contributed by atoms with E-state index in [9.17, 15) is 9.90 Å². The quantitative estimate of drug-likeness (QED) is 0.205. The van der Waals surface area contributed by atoms with Gasteiger partial charge in [-0.2, -0.15) is 10.1 Å². The predicted molar refractivity (Wildman–Crippen MR) is 181 cm³/mol. The van der Waals surface area contributed by atoms with Crippen LogP contribution in [0.3, 0.4) is 0 Å². The van der Waals surface area contributed by atoms with E-state index >= 15 is 0 Å². The number of carboxylic acid groups (broad SMARTS) is 1. The number of nitrogens with one attached hydrogen (secondary N) is 2. The van der Waals surface area contributed by atoms with E-state index in [0.29, 0.717) is 23.8 Å². The Balaban J connectivity index is 1.19. The van der Waals surface area contributed by atoms with E-state index in [-0.39, 0.29) is 18.0 Å². The zero-order valence-corrected chi connectivity index (χ0v) is 27.6. The number of nitrogens with zero attached hydrogens (tertiary/aromatic N) is 5. The number of carbonyl (C=O) groups is 1. The van der Waals surface area contributed by atoms with Gasteiger partial charge in [-0.1, -0.05) is 37.3 Å². The van der Waals surface area contributed by atoms with E-state index in [4.69, 9.17) is 9.97 Å². The maximum atomic E-state index is 11.6. The Morgan fingerprint density at radius 1 is 1.02 bits per heavy atom. The highest BCUT2D eigenvalue weighted by molar-refractivity contribution is 5.70. The zero-order valence-electron chi connectivity index (χ0n) is 27.6. The van der Waals surface area contributed by atoms with Crippen molar-refractivity contribution in [2.45, 2.75) is 115 Å². The summed E-state index contributed by atoms with van der Waals surface area (Å²) in [5.41, 5.74) is 5.00. The van der Waals surface area contributed by atoms with Crippen LogP contribution < -0.4 is 10.6 Å². The average molecular weight is 626 g/mol. The van der Waals surface area contributed by atoms with Crippen LogP contribution in [-0.2, 0) is 24.2 Å². The molecule has 1 saturated heterocycles. The highest BCUT2D eigenvalue weighted by atomic mass is 16.4. The SMILES string of the molecule is CC[C@@H](Nc1nc2c(c(N[C@@H](CN3C[C@H]4CC[C@@H]3C4)c3cnn(CC)c3)n1)C[C@H](c1ccccc1)CC2)C1CCC(C(=O)O)CC1. The first-order valence-electron chi connectivity index (χ1n) is 17.9. The first-order chi connectivity index (χ1) is 22.5. The Bertz CT molecular complexity index is 1480. The molecule has 9 nitrogen and oxygen atoms in total. The Kier molecular flexibility index (Phi) is 9.29. The Morgan fingerprint density at radius 3 is 2.52 bits per heavy atom. The molecule has 3 aromatic rings. The van der Waals surface area contributed by atoms with Crippen LogP contribution in [0.4, 0.5) is 11.8 Å². The van der Waals surface area contributed by atoms with E-state index in [2.05, 4.69) is 71.0 Å². The third-order valence-electron chi connectivity index (χ3n) is 11.6. The van der Waals surface area contributed by atoms with Crippen LogP contribution in [-0.4, -0.2) is 60.9 Å². The van der Waals surface area contributed by atoms with Crippen molar-refractivity contribution < 1.29 is 9.90 Å². The number of likely N-dealkylation sites (tertiary alicyclic amines) is 1. The topological polar surface area (TPSA) is 108 Å². The van der Waals surface area contributed by atoms with Crippen LogP contribution in [0.2, 0.25) is 0 Å². The third kappa shape index (κ3) is 6.66. The van der Waals surface area contributed by atoms with Gasteiger partial charge in [0.15, 0.2) is 0 Å². The number of carboxylic acids is 1. The van der Waals surface area contributed by atoms with Gasteiger partial charge in [0.2, 0.25) is 5.95 Å². The number of aliphatic carboxylic acids is 1. The van der Waals surface area contributed by atoms with Gasteiger partial charge in [-0.15, -0.1) is 0 Å². The maximum Gasteiger partial charge on any atom is 0.306 e. The van der Waals surface area contributed by atoms with Gasteiger partial charge < -0.3 is 15.7 Å². The molecule has 4 aliphatic rings. The van der Waals surface area contributed by atoms with Crippen LogP contribution in [0.1, 0.15) is 106 Å². The molecule has 246 valence electrons. The molecule has 2 aromatic heterocycles. The molecule has 0 amide bonds. The molecule has 2 bridgehead atoms. The summed E-state index contributed by atoms with van der Waals surface area (Å²) in [5.74, 6) is 2.52. The summed E-state index contributed by atoms with van der Waals surface area (Å²) in [6.45, 7) is 7.35. The number of hydrogen-bond acceptors (Lipinski definition) is 7. The van der Waals surface area contributed by atoms with Gasteiger partial charge in [0.05, 0.1) is 23.9 Å². The zero-order chi connectivity index (χ0) is 31.6. The number of aryl methyl sites for hydroxylation is 2. The van der Waals surface area contributed by atoms with Crippen LogP contribution >= 0.6 is 0 Å². The molecular formula is C37H51N7O2. The number of hydrogen-bond donors (Lipinski definition) is 3. The summed E-state index contributed by atoms with van der Waals surface area (Å²) >= 11 is 0. The summed E-state index contributed by atoms with van der Waals surface area (Å²) in [5, 5.41) is 22.0. The lowest BCUT2D eigenvalue weighted by Gasteiger charge is -2.34. The molecule has 3 N–H and O–H groups in total. The number of benzene rings is 1. The largest absolute Gasteiger partial charge is 0.481 e. The minimum Gasteiger partial charge on any atom is -0.481 e. The van der Waals surface area contributed by atoms with Gasteiger partial charge >= 0.3 is 5.97 Å². The van der Waals surface area contributed by atoms with E-state index in [1.807, 2.05) is 10.9 Å². The first-order valence-corrected chi connectivity index (χ1v) is 17.9. The number of aromatic nitrogens is 4. The molecule has 0 spiro atoms. The molecule has 0 unspecified atom stereocenters. The van der Waals surface area contributed by atoms with Gasteiger partial charge in [-0.05, 0) is 101 Å². The van der Waals surface area contributed by atoms with E-state index < -0.39 is 5.97 Å². The van der Waals surface area contributed by atoms with Crippen LogP contribution in [0.15, 0.2) is 42.7 Å². The summed E-state index contributed by atoms with van der Waals surface area (Å²) in [4.78, 5) is 24.7. The fourth-order valence-corrected chi connectivity index (χ4v) is 8.91. The van der Waals surface area contributed by atoms with Gasteiger partial charge in [0, 0.05) is 49.0 Å². The van der Waals surface area contributed by atoms with Crippen molar-refractivity contribution in [2.24, 2.45) is 17.8 Å². The van der Waals surface area contributed by atoms with Crippen LogP contribution in [0.5, 0.6) is 0 Å². The molecule has 3 heterocycles. The summed E-state index contributed by atoms with van der Waals surface area (Å²) in [7, 11) is 0. The van der Waals surface area contributed by atoms with Gasteiger partial charge in [0.25, 0.3) is 0 Å². The van der Waals surface area contributed by atoms with Crippen LogP contribution in [0.25, 0.3) is 0 Å². The van der Waals surface area contributed by atoms with Crippen molar-refractivity contribution in [1.82, 2.24) is 24.6 Å². The molecule has 0 radical (unpaired) electrons. The number of anilines is 2. The minimum atomic E-state index is -0.650. The molecule has 9 heteroatoms. The first kappa shape index (κ1) is 31.2. The summed E-state index contributed by atoms with van der Waals surface area (Å²) < 4.78 is 2.03. The molecule has 7 rings (SSSR count). The van der Waals surface area contributed by atoms with Crippen molar-refractivity contribution in [2.75, 3.05) is 23.7 Å². The predicted octanol–water partition coefficient (Wildman–Crippen LogP) is 6.68. The van der Waals surface area contributed by atoms with E-state index in [1.165, 1.54) is 42.5 Å². The lowest BCUT2D eigenvalue weighted by molar-refractivity contribution is -0.143. The lowest BCUT2D eigenvalue weighted by atomic mass is 9.78. The van der Waals surface area contributed by atoms with Gasteiger partial charge in [-0.25, -0.2) is 4.98 Å². The fraction of sp³-hybridized carbons (Fsp3) is 0.622. The molecule has 1 aliphatic heterocycles. The second kappa shape index (κ2) is 13.7. The second-order valence-electron chi connectivity index (χ2n) is 14.4. The highest BCUT2D eigenvalue weighted by Gasteiger charge is 2.39. The van der Waals surface area contributed by atoms with Gasteiger partial charge in [-0.3, -0.25) is 14.4 Å². The standard InChI is InChI=1S/C37H51N7O2/c1-3-32(26-11-13-27(14-12-26)36(45)46)40-37-41-33-17-15-28(25-8-6-5-7-9-25)19-31(33)35(42-37)39-34(29-20-38-44(4-2)22-29)23-43-21-24-10-16-30(43)18-24/h5-9,20,22,24,26-28,30,32,34H,3-4,10-19,21,23H2,1-2H3,(H,45,46)(H2,39,40,41,42)/t24-,26?,27?,28+,30+,32+,34-/m0/s1. The number of fused-ring (bicyclic) bond motifs is 3. The van der Waals surface area contributed by atoms with Crippen LogP contribution in [0, 0.1) is 17.8 Å². The second-order valence-corrected chi connectivity index (χ2v) is 14.4. The smallest absolute Gasteiger partial charge is 0.306 e. The monoisotopic (exact) mass is 625 g/mol. The number of piperidine rings is 1. The number of rotatable bonds is 12. The summed E-state index contributed by atoms with van der Waals surface area (Å²) in [6.07, 6.45) is 15.5. The molecule has 3 aliphatic carbocycles. The van der Waals surface area contributed by atoms with Crippen molar-refractivity contribution in [3.63, 3.8) is 0 Å². The van der Waals surface area contributed by atoms with E-state index in [0.717, 1.165) is 81.9 Å². The summed E-state index contributed by atoms with van der Waals surface area (Å²) in [6, 6.07) is 11.9. The molecule has 5 atom stereocenters. The van der Waals surface area contributed by atoms with Crippen molar-refractivity contribution >= 4 is 17.7 Å². The molecule has 46 heavy (non-hydrogen) atoms. The minimum absolute atomic E-state index is 0.0804. The molecular weight excluding hydrogens is 574 g/mol. The molecule has 3 fully saturated rings. The lowest BCUT2D eigenvalue weighted by Crippen LogP contribution is -2.38. The van der Waals surface area contributed by atoms with Crippen molar-refractivity contribution in [3.8, 4) is 0 Å². The average Bonchev–Trinajstić information content (AvgIpc) is 3.85. The Hall–Kier alpha value is -3.46. The maximum absolute atomic E-state index is 11.6. The Labute approximate surface area is 273 Å². The normalized spacial score (nSPS) is 27.2. The van der Waals surface area contributed by atoms with Gasteiger partial charge in [0.1, 0.15) is 5.82 Å². The third-order valence-corrected chi connectivity index (χ3v) is 11.6. The van der Waals surface area contributed by atoms with E-state index in [1.54, 1.807) is 0 Å². The van der Waals surface area contributed by atoms with Crippen molar-refractivity contribution in [3.05, 3.63) is 65.1 Å². The molecule has 1 aromatic carbocycles. The van der Waals surface area contributed by atoms with Crippen molar-refractivity contribution in [1.29, 1.82) is 0 Å².